The molecule has 1 N–H and O–H groups in total. The molecule has 1 aliphatic carbocycles. The molecule has 0 aromatic heterocycles. The number of likely N-dealkylation sites (tertiary alicyclic amines) is 1. The van der Waals surface area contributed by atoms with Crippen LogP contribution in [0.5, 0.6) is 0 Å². The van der Waals surface area contributed by atoms with E-state index in [2.05, 4.69) is 4.90 Å². The Morgan fingerprint density at radius 1 is 1.24 bits per heavy atom. The van der Waals surface area contributed by atoms with Crippen LogP contribution in [-0.4, -0.2) is 71.8 Å². The highest BCUT2D eigenvalue weighted by Crippen LogP contribution is 2.40. The van der Waals surface area contributed by atoms with Gasteiger partial charge in [0.2, 0.25) is 5.91 Å². The molecule has 2 heterocycles. The van der Waals surface area contributed by atoms with Crippen molar-refractivity contribution in [3.05, 3.63) is 0 Å². The molecule has 5 nitrogen and oxygen atoms in total. The minimum atomic E-state index is -0.462. The van der Waals surface area contributed by atoms with Gasteiger partial charge in [0.05, 0.1) is 24.9 Å². The highest BCUT2D eigenvalue weighted by molar-refractivity contribution is 5.81. The van der Waals surface area contributed by atoms with Gasteiger partial charge in [0.1, 0.15) is 0 Å². The fourth-order valence-electron chi connectivity index (χ4n) is 4.15. The van der Waals surface area contributed by atoms with E-state index >= 15 is 0 Å². The molecule has 2 aliphatic heterocycles. The number of carbonyl (C=O) groups is 1. The summed E-state index contributed by atoms with van der Waals surface area (Å²) in [7, 11) is 0. The van der Waals surface area contributed by atoms with Crippen molar-refractivity contribution in [2.24, 2.45) is 5.92 Å². The van der Waals surface area contributed by atoms with Crippen LogP contribution in [0.1, 0.15) is 39.0 Å². The van der Waals surface area contributed by atoms with Gasteiger partial charge in [-0.2, -0.15) is 0 Å². The van der Waals surface area contributed by atoms with Gasteiger partial charge in [-0.05, 0) is 26.2 Å². The van der Waals surface area contributed by atoms with Crippen molar-refractivity contribution in [2.45, 2.75) is 50.7 Å². The van der Waals surface area contributed by atoms with Crippen molar-refractivity contribution >= 4 is 5.91 Å². The van der Waals surface area contributed by atoms with Crippen molar-refractivity contribution in [1.82, 2.24) is 9.80 Å². The molecule has 2 saturated heterocycles. The van der Waals surface area contributed by atoms with Crippen LogP contribution < -0.4 is 0 Å². The van der Waals surface area contributed by atoms with E-state index in [1.54, 1.807) is 0 Å². The molecule has 0 aromatic carbocycles. The van der Waals surface area contributed by atoms with Gasteiger partial charge in [0.15, 0.2) is 0 Å². The first-order valence-electron chi connectivity index (χ1n) is 8.43. The van der Waals surface area contributed by atoms with Gasteiger partial charge in [-0.1, -0.05) is 12.8 Å². The fourth-order valence-corrected chi connectivity index (χ4v) is 4.15. The number of fused-ring (bicyclic) bond motifs is 1. The van der Waals surface area contributed by atoms with E-state index in [0.717, 1.165) is 38.8 Å². The molecular weight excluding hydrogens is 268 g/mol. The van der Waals surface area contributed by atoms with Crippen molar-refractivity contribution < 1.29 is 14.6 Å². The van der Waals surface area contributed by atoms with Gasteiger partial charge in [0, 0.05) is 32.1 Å². The third-order valence-electron chi connectivity index (χ3n) is 5.69. The Labute approximate surface area is 127 Å². The second kappa shape index (κ2) is 6.23. The topological polar surface area (TPSA) is 53.0 Å². The first kappa shape index (κ1) is 15.3. The number of rotatable bonds is 2. The van der Waals surface area contributed by atoms with Gasteiger partial charge in [0.25, 0.3) is 0 Å². The minimum Gasteiger partial charge on any atom is -0.390 e. The van der Waals surface area contributed by atoms with Crippen LogP contribution >= 0.6 is 0 Å². The van der Waals surface area contributed by atoms with Crippen LogP contribution in [0.2, 0.25) is 0 Å². The molecule has 21 heavy (non-hydrogen) atoms. The van der Waals surface area contributed by atoms with Crippen molar-refractivity contribution in [3.63, 3.8) is 0 Å². The summed E-state index contributed by atoms with van der Waals surface area (Å²) >= 11 is 0. The zero-order chi connectivity index (χ0) is 14.9. The molecule has 3 aliphatic rings. The summed E-state index contributed by atoms with van der Waals surface area (Å²) in [6, 6.07) is -0.0745. The molecule has 0 spiro atoms. The van der Waals surface area contributed by atoms with Crippen LogP contribution in [0.15, 0.2) is 0 Å². The van der Waals surface area contributed by atoms with E-state index in [-0.39, 0.29) is 11.9 Å². The predicted molar refractivity (Wildman–Crippen MR) is 80.0 cm³/mol. The Morgan fingerprint density at radius 3 is 2.76 bits per heavy atom. The summed E-state index contributed by atoms with van der Waals surface area (Å²) in [5, 5.41) is 10.7. The average molecular weight is 296 g/mol. The summed E-state index contributed by atoms with van der Waals surface area (Å²) in [4.78, 5) is 16.8. The number of hydrogen-bond acceptors (Lipinski definition) is 4. The lowest BCUT2D eigenvalue weighted by Crippen LogP contribution is -2.58. The second-order valence-electron chi connectivity index (χ2n) is 6.90. The third-order valence-corrected chi connectivity index (χ3v) is 5.69. The Bertz CT molecular complexity index is 384. The van der Waals surface area contributed by atoms with Gasteiger partial charge in [-0.25, -0.2) is 0 Å². The van der Waals surface area contributed by atoms with Crippen molar-refractivity contribution in [3.8, 4) is 0 Å². The first-order chi connectivity index (χ1) is 10.1. The summed E-state index contributed by atoms with van der Waals surface area (Å²) in [6.45, 7) is 6.46. The minimum absolute atomic E-state index is 0.0745. The zero-order valence-electron chi connectivity index (χ0n) is 13.1. The van der Waals surface area contributed by atoms with Crippen LogP contribution in [0.25, 0.3) is 0 Å². The smallest absolute Gasteiger partial charge is 0.239 e. The standard InChI is InChI=1S/C16H28N2O3/c1-13(15(19)17-8-10-21-11-9-17)18-7-6-16(20)5-3-2-4-14(16)12-18/h13-14,20H,2-12H2,1H3. The molecule has 1 amide bonds. The molecule has 0 bridgehead atoms. The highest BCUT2D eigenvalue weighted by Gasteiger charge is 2.44. The lowest BCUT2D eigenvalue weighted by Gasteiger charge is -2.49. The fraction of sp³-hybridized carbons (Fsp3) is 0.938. The maximum Gasteiger partial charge on any atom is 0.239 e. The maximum absolute atomic E-state index is 12.6. The van der Waals surface area contributed by atoms with Gasteiger partial charge >= 0.3 is 0 Å². The molecule has 3 rings (SSSR count). The Balaban J connectivity index is 1.60. The van der Waals surface area contributed by atoms with E-state index in [1.165, 1.54) is 6.42 Å². The van der Waals surface area contributed by atoms with E-state index < -0.39 is 5.60 Å². The molecule has 1 saturated carbocycles. The normalized spacial score (nSPS) is 36.1. The van der Waals surface area contributed by atoms with Crippen molar-refractivity contribution in [1.29, 1.82) is 0 Å². The second-order valence-corrected chi connectivity index (χ2v) is 6.90. The number of carbonyl (C=O) groups excluding carboxylic acids is 1. The number of aliphatic hydroxyl groups is 1. The lowest BCUT2D eigenvalue weighted by molar-refractivity contribution is -0.146. The number of ether oxygens (including phenoxy) is 1. The third kappa shape index (κ3) is 3.10. The van der Waals surface area contributed by atoms with Crippen LogP contribution in [0.4, 0.5) is 0 Å². The predicted octanol–water partition coefficient (Wildman–Crippen LogP) is 0.861. The zero-order valence-corrected chi connectivity index (χ0v) is 13.1. The number of nitrogens with zero attached hydrogens (tertiary/aromatic N) is 2. The summed E-state index contributed by atoms with van der Waals surface area (Å²) in [6.07, 6.45) is 5.23. The molecule has 3 atom stereocenters. The van der Waals surface area contributed by atoms with Crippen LogP contribution in [-0.2, 0) is 9.53 Å². The van der Waals surface area contributed by atoms with E-state index in [4.69, 9.17) is 4.74 Å². The summed E-state index contributed by atoms with van der Waals surface area (Å²) in [5.41, 5.74) is -0.462. The highest BCUT2D eigenvalue weighted by atomic mass is 16.5. The van der Waals surface area contributed by atoms with Crippen molar-refractivity contribution in [2.75, 3.05) is 39.4 Å². The Hall–Kier alpha value is -0.650. The Morgan fingerprint density at radius 2 is 2.00 bits per heavy atom. The van der Waals surface area contributed by atoms with Gasteiger partial charge < -0.3 is 14.7 Å². The summed E-state index contributed by atoms with van der Waals surface area (Å²) in [5.74, 6) is 0.569. The number of morpholine rings is 1. The molecule has 0 aromatic rings. The van der Waals surface area contributed by atoms with Crippen LogP contribution in [0.3, 0.4) is 0 Å². The SMILES string of the molecule is CC(C(=O)N1CCOCC1)N1CCC2(O)CCCCC2C1. The van der Waals surface area contributed by atoms with Crippen LogP contribution in [0, 0.1) is 5.92 Å². The molecule has 0 radical (unpaired) electrons. The Kier molecular flexibility index (Phi) is 4.52. The number of hydrogen-bond donors (Lipinski definition) is 1. The lowest BCUT2D eigenvalue weighted by atomic mass is 9.71. The molecule has 3 unspecified atom stereocenters. The number of piperidine rings is 1. The summed E-state index contributed by atoms with van der Waals surface area (Å²) < 4.78 is 5.32. The quantitative estimate of drug-likeness (QED) is 0.821. The maximum atomic E-state index is 12.6. The number of amides is 1. The van der Waals surface area contributed by atoms with Gasteiger partial charge in [-0.3, -0.25) is 9.69 Å². The molecule has 120 valence electrons. The largest absolute Gasteiger partial charge is 0.390 e. The van der Waals surface area contributed by atoms with Gasteiger partial charge in [-0.15, -0.1) is 0 Å². The molecule has 3 fully saturated rings. The average Bonchev–Trinajstić information content (AvgIpc) is 2.53. The first-order valence-corrected chi connectivity index (χ1v) is 8.43. The molecule has 5 heteroatoms. The van der Waals surface area contributed by atoms with E-state index in [1.807, 2.05) is 11.8 Å². The monoisotopic (exact) mass is 296 g/mol. The van der Waals surface area contributed by atoms with E-state index in [9.17, 15) is 9.90 Å². The molecular formula is C16H28N2O3. The van der Waals surface area contributed by atoms with E-state index in [0.29, 0.717) is 32.2 Å².